The Balaban J connectivity index is 1.45. The fourth-order valence-corrected chi connectivity index (χ4v) is 4.12. The minimum absolute atomic E-state index is 0.0600. The predicted octanol–water partition coefficient (Wildman–Crippen LogP) is 4.47. The summed E-state index contributed by atoms with van der Waals surface area (Å²) in [5.41, 5.74) is 3.44. The van der Waals surface area contributed by atoms with E-state index in [2.05, 4.69) is 37.1 Å². The number of H-pyrrole nitrogens is 1. The van der Waals surface area contributed by atoms with Crippen molar-refractivity contribution in [2.24, 2.45) is 5.92 Å². The van der Waals surface area contributed by atoms with Gasteiger partial charge in [-0.25, -0.2) is 4.39 Å². The molecule has 0 atom stereocenters. The summed E-state index contributed by atoms with van der Waals surface area (Å²) in [6, 6.07) is 7.04. The summed E-state index contributed by atoms with van der Waals surface area (Å²) in [6.45, 7) is 8.64. The summed E-state index contributed by atoms with van der Waals surface area (Å²) in [6.07, 6.45) is 4.36. The fraction of sp³-hybridized carbons (Fsp3) is 0.360. The summed E-state index contributed by atoms with van der Waals surface area (Å²) in [4.78, 5) is 14.3. The molecular formula is C25H29FN6O2. The van der Waals surface area contributed by atoms with Crippen LogP contribution in [0.2, 0.25) is 0 Å². The van der Waals surface area contributed by atoms with Gasteiger partial charge < -0.3 is 30.0 Å². The van der Waals surface area contributed by atoms with E-state index in [0.717, 1.165) is 11.4 Å². The zero-order chi connectivity index (χ0) is 23.7. The van der Waals surface area contributed by atoms with Crippen molar-refractivity contribution in [3.63, 3.8) is 0 Å². The van der Waals surface area contributed by atoms with E-state index in [-0.39, 0.29) is 11.8 Å². The van der Waals surface area contributed by atoms with E-state index in [1.165, 1.54) is 12.8 Å². The molecule has 2 fully saturated rings. The number of anilines is 2. The smallest absolute Gasteiger partial charge is 0.326 e. The highest BCUT2D eigenvalue weighted by Gasteiger charge is 2.25. The molecule has 1 saturated heterocycles. The number of nitrogens with zero attached hydrogens (tertiary/aromatic N) is 3. The summed E-state index contributed by atoms with van der Waals surface area (Å²) in [5, 5.41) is 6.96. The monoisotopic (exact) mass is 464 g/mol. The van der Waals surface area contributed by atoms with Crippen molar-refractivity contribution < 1.29 is 13.9 Å². The van der Waals surface area contributed by atoms with Crippen LogP contribution in [0.1, 0.15) is 18.5 Å². The Kier molecular flexibility index (Phi) is 6.10. The second-order valence-corrected chi connectivity index (χ2v) is 8.66. The number of nitrogens with one attached hydrogen (secondary N) is 3. The molecule has 9 heteroatoms. The molecule has 0 amide bonds. The van der Waals surface area contributed by atoms with Crippen molar-refractivity contribution >= 4 is 22.5 Å². The first kappa shape index (κ1) is 22.2. The standard InChI is InChI=1S/C25H29FN6O2/c1-15-12-18-19(28-15)6-7-21(24(18)26)34-25-30-22(14-23(31-25)32-8-10-33-11-9-32)29-16(2)13-20(27-3)17-4-5-17/h6-7,12-14,17,27-28H,2,4-5,8-11H2,1,3H3,(H,29,30,31)/b20-13-. The molecule has 34 heavy (non-hydrogen) atoms. The van der Waals surface area contributed by atoms with Crippen LogP contribution < -0.4 is 20.3 Å². The fourth-order valence-electron chi connectivity index (χ4n) is 4.12. The Morgan fingerprint density at radius 3 is 2.79 bits per heavy atom. The number of halogens is 1. The van der Waals surface area contributed by atoms with E-state index in [1.807, 2.05) is 26.1 Å². The minimum atomic E-state index is -0.452. The summed E-state index contributed by atoms with van der Waals surface area (Å²) in [7, 11) is 1.92. The molecule has 2 aromatic heterocycles. The first-order valence-corrected chi connectivity index (χ1v) is 11.5. The summed E-state index contributed by atoms with van der Waals surface area (Å²) in [5.74, 6) is 1.39. The molecule has 0 unspecified atom stereocenters. The van der Waals surface area contributed by atoms with Crippen LogP contribution in [-0.2, 0) is 4.74 Å². The number of aromatic amines is 1. The lowest BCUT2D eigenvalue weighted by molar-refractivity contribution is 0.122. The first-order valence-electron chi connectivity index (χ1n) is 11.5. The Morgan fingerprint density at radius 2 is 2.06 bits per heavy atom. The number of fused-ring (bicyclic) bond motifs is 1. The van der Waals surface area contributed by atoms with Gasteiger partial charge in [0.15, 0.2) is 11.6 Å². The quantitative estimate of drug-likeness (QED) is 0.424. The second kappa shape index (κ2) is 9.34. The number of hydrogen-bond acceptors (Lipinski definition) is 7. The summed E-state index contributed by atoms with van der Waals surface area (Å²) < 4.78 is 26.5. The number of rotatable bonds is 8. The molecule has 3 aromatic rings. The molecule has 1 aromatic carbocycles. The van der Waals surface area contributed by atoms with Crippen LogP contribution in [0.15, 0.2) is 48.3 Å². The minimum Gasteiger partial charge on any atom is -0.421 e. The molecule has 1 aliphatic carbocycles. The number of aromatic nitrogens is 3. The van der Waals surface area contributed by atoms with Gasteiger partial charge in [-0.1, -0.05) is 6.58 Å². The van der Waals surface area contributed by atoms with E-state index >= 15 is 4.39 Å². The van der Waals surface area contributed by atoms with Crippen molar-refractivity contribution in [2.45, 2.75) is 19.8 Å². The van der Waals surface area contributed by atoms with Gasteiger partial charge in [-0.3, -0.25) is 0 Å². The van der Waals surface area contributed by atoms with Gasteiger partial charge in [0.25, 0.3) is 0 Å². The molecule has 178 valence electrons. The highest BCUT2D eigenvalue weighted by molar-refractivity contribution is 5.82. The van der Waals surface area contributed by atoms with Gasteiger partial charge in [0.05, 0.1) is 13.2 Å². The van der Waals surface area contributed by atoms with Crippen LogP contribution in [0.4, 0.5) is 16.0 Å². The normalized spacial score (nSPS) is 16.6. The van der Waals surface area contributed by atoms with Crippen molar-refractivity contribution in [1.82, 2.24) is 20.3 Å². The Morgan fingerprint density at radius 1 is 1.26 bits per heavy atom. The van der Waals surface area contributed by atoms with E-state index in [1.54, 1.807) is 18.2 Å². The Hall–Kier alpha value is -3.59. The molecule has 5 rings (SSSR count). The molecule has 0 radical (unpaired) electrons. The molecule has 2 aliphatic rings. The largest absolute Gasteiger partial charge is 0.421 e. The van der Waals surface area contributed by atoms with Gasteiger partial charge in [0.2, 0.25) is 0 Å². The van der Waals surface area contributed by atoms with Gasteiger partial charge in [0, 0.05) is 54.2 Å². The Labute approximate surface area is 197 Å². The lowest BCUT2D eigenvalue weighted by atomic mass is 10.2. The number of morpholine rings is 1. The van der Waals surface area contributed by atoms with Crippen molar-refractivity contribution in [3.05, 3.63) is 59.8 Å². The maximum Gasteiger partial charge on any atom is 0.326 e. The highest BCUT2D eigenvalue weighted by atomic mass is 19.1. The van der Waals surface area contributed by atoms with Crippen LogP contribution in [0.3, 0.4) is 0 Å². The number of allylic oxidation sites excluding steroid dienone is 2. The SMILES string of the molecule is C=C(/C=C(\NC)C1CC1)Nc1cc(N2CCOCC2)nc(Oc2ccc3[nH]c(C)cc3c2F)n1. The van der Waals surface area contributed by atoms with E-state index < -0.39 is 5.82 Å². The summed E-state index contributed by atoms with van der Waals surface area (Å²) >= 11 is 0. The van der Waals surface area contributed by atoms with Crippen LogP contribution >= 0.6 is 0 Å². The van der Waals surface area contributed by atoms with E-state index in [9.17, 15) is 0 Å². The maximum atomic E-state index is 15.1. The van der Waals surface area contributed by atoms with Crippen LogP contribution in [0.5, 0.6) is 11.8 Å². The molecule has 1 aliphatic heterocycles. The number of hydrogen-bond donors (Lipinski definition) is 3. The molecule has 3 heterocycles. The van der Waals surface area contributed by atoms with E-state index in [4.69, 9.17) is 9.47 Å². The zero-order valence-electron chi connectivity index (χ0n) is 19.4. The third-order valence-corrected chi connectivity index (χ3v) is 5.99. The van der Waals surface area contributed by atoms with Crippen molar-refractivity contribution in [1.29, 1.82) is 0 Å². The molecule has 0 bridgehead atoms. The average Bonchev–Trinajstić information content (AvgIpc) is 3.60. The van der Waals surface area contributed by atoms with Gasteiger partial charge in [-0.2, -0.15) is 9.97 Å². The zero-order valence-corrected chi connectivity index (χ0v) is 19.4. The Bertz CT molecular complexity index is 1240. The van der Waals surface area contributed by atoms with Crippen molar-refractivity contribution in [2.75, 3.05) is 43.6 Å². The predicted molar refractivity (Wildman–Crippen MR) is 131 cm³/mol. The van der Waals surface area contributed by atoms with Gasteiger partial charge in [0.1, 0.15) is 11.6 Å². The lowest BCUT2D eigenvalue weighted by Crippen LogP contribution is -2.36. The number of ether oxygens (including phenoxy) is 2. The van der Waals surface area contributed by atoms with Crippen LogP contribution in [0.25, 0.3) is 10.9 Å². The molecule has 8 nitrogen and oxygen atoms in total. The van der Waals surface area contributed by atoms with Gasteiger partial charge in [-0.15, -0.1) is 0 Å². The first-order chi connectivity index (χ1) is 16.5. The average molecular weight is 465 g/mol. The molecule has 1 saturated carbocycles. The number of benzene rings is 1. The molecular weight excluding hydrogens is 435 g/mol. The molecule has 3 N–H and O–H groups in total. The number of aryl methyl sites for hydroxylation is 1. The van der Waals surface area contributed by atoms with E-state index in [0.29, 0.717) is 60.5 Å². The third-order valence-electron chi connectivity index (χ3n) is 5.99. The maximum absolute atomic E-state index is 15.1. The third kappa shape index (κ3) is 4.84. The van der Waals surface area contributed by atoms with Crippen LogP contribution in [-0.4, -0.2) is 48.3 Å². The topological polar surface area (TPSA) is 87.3 Å². The van der Waals surface area contributed by atoms with Gasteiger partial charge in [-0.05, 0) is 50.0 Å². The van der Waals surface area contributed by atoms with Gasteiger partial charge >= 0.3 is 6.01 Å². The lowest BCUT2D eigenvalue weighted by Gasteiger charge is -2.28. The highest BCUT2D eigenvalue weighted by Crippen LogP contribution is 2.35. The van der Waals surface area contributed by atoms with Crippen LogP contribution in [0, 0.1) is 18.7 Å². The van der Waals surface area contributed by atoms with Crippen molar-refractivity contribution in [3.8, 4) is 11.8 Å². The molecule has 0 spiro atoms. The second-order valence-electron chi connectivity index (χ2n) is 8.66.